The summed E-state index contributed by atoms with van der Waals surface area (Å²) in [6, 6.07) is 7.90. The number of amides is 1. The highest BCUT2D eigenvalue weighted by Gasteiger charge is 2.18. The smallest absolute Gasteiger partial charge is 0.228 e. The van der Waals surface area contributed by atoms with Crippen LogP contribution < -0.4 is 5.32 Å². The highest BCUT2D eigenvalue weighted by atomic mass is 16.3. The number of anilines is 1. The Morgan fingerprint density at radius 3 is 2.94 bits per heavy atom. The van der Waals surface area contributed by atoms with Crippen LogP contribution in [0.1, 0.15) is 11.1 Å². The summed E-state index contributed by atoms with van der Waals surface area (Å²) >= 11 is 0. The van der Waals surface area contributed by atoms with E-state index in [1.54, 1.807) is 6.26 Å². The van der Waals surface area contributed by atoms with Gasteiger partial charge in [-0.15, -0.1) is 0 Å². The van der Waals surface area contributed by atoms with Gasteiger partial charge in [-0.05, 0) is 30.2 Å². The van der Waals surface area contributed by atoms with Crippen molar-refractivity contribution in [3.05, 3.63) is 41.7 Å². The lowest BCUT2D eigenvalue weighted by atomic mass is 10.1. The molecular formula is C13H11NO2. The van der Waals surface area contributed by atoms with Crippen molar-refractivity contribution in [2.75, 3.05) is 5.32 Å². The molecule has 1 amide bonds. The van der Waals surface area contributed by atoms with E-state index in [1.165, 1.54) is 0 Å². The zero-order chi connectivity index (χ0) is 11.1. The Balaban J connectivity index is 2.05. The lowest BCUT2D eigenvalue weighted by molar-refractivity contribution is -0.115. The molecule has 1 aliphatic heterocycles. The third-order valence-corrected chi connectivity index (χ3v) is 2.75. The molecule has 0 fully saturated rings. The number of nitrogens with one attached hydrogen (secondary N) is 1. The summed E-state index contributed by atoms with van der Waals surface area (Å²) in [5, 5.41) is 2.83. The summed E-state index contributed by atoms with van der Waals surface area (Å²) in [6.45, 7) is 1.99. The van der Waals surface area contributed by atoms with Crippen molar-refractivity contribution in [1.82, 2.24) is 0 Å². The van der Waals surface area contributed by atoms with Crippen molar-refractivity contribution in [3.63, 3.8) is 0 Å². The van der Waals surface area contributed by atoms with Crippen LogP contribution in [0.15, 0.2) is 34.9 Å². The lowest BCUT2D eigenvalue weighted by Gasteiger charge is -2.01. The average molecular weight is 213 g/mol. The number of furan rings is 1. The first kappa shape index (κ1) is 9.21. The van der Waals surface area contributed by atoms with E-state index in [0.29, 0.717) is 6.42 Å². The Kier molecular flexibility index (Phi) is 1.86. The van der Waals surface area contributed by atoms with Gasteiger partial charge in [-0.3, -0.25) is 4.79 Å². The van der Waals surface area contributed by atoms with Crippen LogP contribution in [0.2, 0.25) is 0 Å². The van der Waals surface area contributed by atoms with Crippen LogP contribution in [0.3, 0.4) is 0 Å². The fourth-order valence-corrected chi connectivity index (χ4v) is 1.95. The monoisotopic (exact) mass is 213 g/mol. The summed E-state index contributed by atoms with van der Waals surface area (Å²) in [7, 11) is 0. The molecule has 80 valence electrons. The van der Waals surface area contributed by atoms with E-state index in [9.17, 15) is 4.79 Å². The molecule has 3 nitrogen and oxygen atoms in total. The second-order valence-electron chi connectivity index (χ2n) is 4.09. The van der Waals surface area contributed by atoms with Crippen molar-refractivity contribution in [2.45, 2.75) is 13.3 Å². The molecule has 1 N–H and O–H groups in total. The van der Waals surface area contributed by atoms with Crippen LogP contribution in [0.4, 0.5) is 5.69 Å². The lowest BCUT2D eigenvalue weighted by Crippen LogP contribution is -2.03. The molecule has 0 atom stereocenters. The Hall–Kier alpha value is -2.03. The van der Waals surface area contributed by atoms with E-state index in [2.05, 4.69) is 5.32 Å². The van der Waals surface area contributed by atoms with Gasteiger partial charge in [0.1, 0.15) is 5.76 Å². The van der Waals surface area contributed by atoms with Crippen molar-refractivity contribution in [1.29, 1.82) is 0 Å². The molecule has 2 heterocycles. The van der Waals surface area contributed by atoms with Crippen LogP contribution in [0.5, 0.6) is 0 Å². The number of fused-ring (bicyclic) bond motifs is 1. The second-order valence-corrected chi connectivity index (χ2v) is 4.09. The van der Waals surface area contributed by atoms with Crippen LogP contribution >= 0.6 is 0 Å². The van der Waals surface area contributed by atoms with Gasteiger partial charge in [-0.2, -0.15) is 0 Å². The summed E-state index contributed by atoms with van der Waals surface area (Å²) in [4.78, 5) is 11.2. The normalized spacial score (nSPS) is 13.7. The van der Waals surface area contributed by atoms with Crippen LogP contribution in [-0.2, 0) is 11.2 Å². The van der Waals surface area contributed by atoms with Gasteiger partial charge in [-0.25, -0.2) is 0 Å². The Morgan fingerprint density at radius 1 is 1.31 bits per heavy atom. The number of hydrogen-bond acceptors (Lipinski definition) is 2. The molecule has 0 unspecified atom stereocenters. The maximum absolute atomic E-state index is 11.2. The van der Waals surface area contributed by atoms with Gasteiger partial charge in [0.25, 0.3) is 0 Å². The Morgan fingerprint density at radius 2 is 2.19 bits per heavy atom. The van der Waals surface area contributed by atoms with Crippen LogP contribution in [0, 0.1) is 6.92 Å². The topological polar surface area (TPSA) is 42.2 Å². The quantitative estimate of drug-likeness (QED) is 0.791. The van der Waals surface area contributed by atoms with E-state index in [1.807, 2.05) is 31.2 Å². The first-order valence-electron chi connectivity index (χ1n) is 5.21. The molecule has 3 heteroatoms. The van der Waals surface area contributed by atoms with Gasteiger partial charge in [0.05, 0.1) is 12.7 Å². The molecular weight excluding hydrogens is 202 g/mol. The summed E-state index contributed by atoms with van der Waals surface area (Å²) < 4.78 is 5.42. The number of carbonyl (C=O) groups excluding carboxylic acids is 1. The number of rotatable bonds is 1. The van der Waals surface area contributed by atoms with Crippen LogP contribution in [0.25, 0.3) is 11.3 Å². The summed E-state index contributed by atoms with van der Waals surface area (Å²) in [5.41, 5.74) is 4.04. The molecule has 16 heavy (non-hydrogen) atoms. The van der Waals surface area contributed by atoms with Crippen molar-refractivity contribution in [2.24, 2.45) is 0 Å². The molecule has 1 aromatic heterocycles. The van der Waals surface area contributed by atoms with Gasteiger partial charge in [0.15, 0.2) is 0 Å². The summed E-state index contributed by atoms with van der Waals surface area (Å²) in [5.74, 6) is 0.893. The van der Waals surface area contributed by atoms with E-state index in [4.69, 9.17) is 4.42 Å². The second kappa shape index (κ2) is 3.23. The predicted octanol–water partition coefficient (Wildman–Crippen LogP) is 2.75. The first-order chi connectivity index (χ1) is 7.72. The minimum atomic E-state index is 0.0581. The minimum absolute atomic E-state index is 0.0581. The minimum Gasteiger partial charge on any atom is -0.464 e. The van der Waals surface area contributed by atoms with Gasteiger partial charge in [0, 0.05) is 11.3 Å². The molecule has 1 aromatic carbocycles. The Bertz CT molecular complexity index is 569. The number of hydrogen-bond donors (Lipinski definition) is 1. The van der Waals surface area contributed by atoms with Gasteiger partial charge in [0.2, 0.25) is 5.91 Å². The van der Waals surface area contributed by atoms with Crippen LogP contribution in [-0.4, -0.2) is 5.91 Å². The Labute approximate surface area is 93.1 Å². The summed E-state index contributed by atoms with van der Waals surface area (Å²) in [6.07, 6.45) is 2.20. The largest absolute Gasteiger partial charge is 0.464 e. The van der Waals surface area contributed by atoms with Gasteiger partial charge < -0.3 is 9.73 Å². The molecule has 2 aromatic rings. The fraction of sp³-hybridized carbons (Fsp3) is 0.154. The molecule has 0 bridgehead atoms. The molecule has 3 rings (SSSR count). The zero-order valence-electron chi connectivity index (χ0n) is 8.91. The van der Waals surface area contributed by atoms with E-state index >= 15 is 0 Å². The van der Waals surface area contributed by atoms with Gasteiger partial charge >= 0.3 is 0 Å². The molecule has 0 spiro atoms. The molecule has 1 aliphatic rings. The molecule has 0 radical (unpaired) electrons. The highest BCUT2D eigenvalue weighted by molar-refractivity contribution is 5.99. The van der Waals surface area contributed by atoms with Crippen molar-refractivity contribution in [3.8, 4) is 11.3 Å². The number of benzene rings is 1. The third kappa shape index (κ3) is 1.41. The molecule has 0 saturated heterocycles. The SMILES string of the molecule is Cc1coc(-c2ccc3c(c2)NC(=O)C3)c1. The van der Waals surface area contributed by atoms with Crippen molar-refractivity contribution < 1.29 is 9.21 Å². The maximum atomic E-state index is 11.2. The van der Waals surface area contributed by atoms with E-state index < -0.39 is 0 Å². The average Bonchev–Trinajstić information content (AvgIpc) is 2.81. The van der Waals surface area contributed by atoms with E-state index in [-0.39, 0.29) is 5.91 Å². The number of aryl methyl sites for hydroxylation is 1. The van der Waals surface area contributed by atoms with E-state index in [0.717, 1.165) is 28.1 Å². The fourth-order valence-electron chi connectivity index (χ4n) is 1.95. The molecule has 0 aliphatic carbocycles. The van der Waals surface area contributed by atoms with Gasteiger partial charge in [-0.1, -0.05) is 12.1 Å². The van der Waals surface area contributed by atoms with Crippen molar-refractivity contribution >= 4 is 11.6 Å². The predicted molar refractivity (Wildman–Crippen MR) is 61.2 cm³/mol. The third-order valence-electron chi connectivity index (χ3n) is 2.75. The zero-order valence-corrected chi connectivity index (χ0v) is 8.91. The number of carbonyl (C=O) groups is 1. The highest BCUT2D eigenvalue weighted by Crippen LogP contribution is 2.30. The molecule has 0 saturated carbocycles. The maximum Gasteiger partial charge on any atom is 0.228 e. The first-order valence-corrected chi connectivity index (χ1v) is 5.21. The standard InChI is InChI=1S/C13H11NO2/c1-8-4-12(16-7-8)10-3-2-9-6-13(15)14-11(9)5-10/h2-5,7H,6H2,1H3,(H,14,15).